The normalized spacial score (nSPS) is 11.4. The zero-order valence-electron chi connectivity index (χ0n) is 14.1. The Morgan fingerprint density at radius 1 is 1.36 bits per heavy atom. The topological polar surface area (TPSA) is 100 Å². The third-order valence-corrected chi connectivity index (χ3v) is 3.86. The number of nitrogens with one attached hydrogen (secondary N) is 1. The van der Waals surface area contributed by atoms with Gasteiger partial charge in [0, 0.05) is 0 Å². The molecule has 0 radical (unpaired) electrons. The van der Waals surface area contributed by atoms with Gasteiger partial charge in [-0.25, -0.2) is 14.6 Å². The summed E-state index contributed by atoms with van der Waals surface area (Å²) < 4.78 is 1.71. The lowest BCUT2D eigenvalue weighted by atomic mass is 10.1. The molecule has 124 valence electrons. The molecule has 3 aromatic rings. The fourth-order valence-corrected chi connectivity index (χ4v) is 2.58. The zero-order valence-corrected chi connectivity index (χ0v) is 14.1. The minimum Gasteiger partial charge on any atom is -0.306 e. The summed E-state index contributed by atoms with van der Waals surface area (Å²) in [6.45, 7) is 5.52. The van der Waals surface area contributed by atoms with Crippen LogP contribution in [0.5, 0.6) is 0 Å². The molecule has 2 aromatic heterocycles. The predicted octanol–water partition coefficient (Wildman–Crippen LogP) is 2.40. The molecule has 0 aliphatic heterocycles. The van der Waals surface area contributed by atoms with Gasteiger partial charge in [-0.05, 0) is 55.7 Å². The molecule has 7 nitrogen and oxygen atoms in total. The van der Waals surface area contributed by atoms with Crippen LogP contribution in [0.15, 0.2) is 35.6 Å². The second kappa shape index (κ2) is 6.53. The van der Waals surface area contributed by atoms with Crippen molar-refractivity contribution in [2.45, 2.75) is 20.8 Å². The van der Waals surface area contributed by atoms with Crippen LogP contribution in [0.25, 0.3) is 17.3 Å². The Labute approximate surface area is 144 Å². The van der Waals surface area contributed by atoms with E-state index in [1.165, 1.54) is 6.33 Å². The second-order valence-electron chi connectivity index (χ2n) is 5.70. The SMILES string of the molecule is CC(=Cc1ccc(-n2cncn2)c(C)c1)c1nc(C)c(C#N)c(=O)[nH]1. The highest BCUT2D eigenvalue weighted by atomic mass is 16.1. The van der Waals surface area contributed by atoms with Crippen LogP contribution < -0.4 is 5.56 Å². The maximum atomic E-state index is 11.9. The first-order valence-corrected chi connectivity index (χ1v) is 7.65. The van der Waals surface area contributed by atoms with Crippen LogP contribution in [0.4, 0.5) is 0 Å². The Morgan fingerprint density at radius 3 is 2.76 bits per heavy atom. The first-order valence-electron chi connectivity index (χ1n) is 7.65. The molecule has 7 heteroatoms. The predicted molar refractivity (Wildman–Crippen MR) is 94.0 cm³/mol. The number of nitrogens with zero attached hydrogens (tertiary/aromatic N) is 5. The van der Waals surface area contributed by atoms with Crippen molar-refractivity contribution in [3.63, 3.8) is 0 Å². The number of nitriles is 1. The molecule has 0 amide bonds. The van der Waals surface area contributed by atoms with Gasteiger partial charge in [-0.1, -0.05) is 6.07 Å². The molecule has 2 heterocycles. The number of aromatic amines is 1. The van der Waals surface area contributed by atoms with Gasteiger partial charge in [0.25, 0.3) is 5.56 Å². The van der Waals surface area contributed by atoms with Crippen LogP contribution in [-0.4, -0.2) is 24.7 Å². The van der Waals surface area contributed by atoms with E-state index >= 15 is 0 Å². The molecule has 0 saturated heterocycles. The highest BCUT2D eigenvalue weighted by Crippen LogP contribution is 2.19. The molecular weight excluding hydrogens is 316 g/mol. The quantitative estimate of drug-likeness (QED) is 0.794. The van der Waals surface area contributed by atoms with E-state index in [1.807, 2.05) is 44.2 Å². The highest BCUT2D eigenvalue weighted by molar-refractivity contribution is 5.77. The van der Waals surface area contributed by atoms with Gasteiger partial charge in [0.2, 0.25) is 0 Å². The van der Waals surface area contributed by atoms with E-state index < -0.39 is 5.56 Å². The molecule has 0 spiro atoms. The van der Waals surface area contributed by atoms with Crippen LogP contribution in [0, 0.1) is 25.2 Å². The lowest BCUT2D eigenvalue weighted by Crippen LogP contribution is -2.16. The van der Waals surface area contributed by atoms with Gasteiger partial charge in [0.1, 0.15) is 30.1 Å². The zero-order chi connectivity index (χ0) is 18.0. The summed E-state index contributed by atoms with van der Waals surface area (Å²) in [5.74, 6) is 0.458. The summed E-state index contributed by atoms with van der Waals surface area (Å²) in [4.78, 5) is 22.8. The number of H-pyrrole nitrogens is 1. The van der Waals surface area contributed by atoms with Crippen LogP contribution in [0.3, 0.4) is 0 Å². The summed E-state index contributed by atoms with van der Waals surface area (Å²) in [7, 11) is 0. The van der Waals surface area contributed by atoms with Crippen molar-refractivity contribution in [2.75, 3.05) is 0 Å². The van der Waals surface area contributed by atoms with Crippen molar-refractivity contribution in [2.24, 2.45) is 0 Å². The van der Waals surface area contributed by atoms with Crippen molar-refractivity contribution in [1.29, 1.82) is 5.26 Å². The fraction of sp³-hybridized carbons (Fsp3) is 0.167. The van der Waals surface area contributed by atoms with E-state index in [9.17, 15) is 4.79 Å². The number of hydrogen-bond acceptors (Lipinski definition) is 5. The average molecular weight is 332 g/mol. The van der Waals surface area contributed by atoms with Crippen molar-refractivity contribution in [3.05, 3.63) is 69.4 Å². The molecule has 0 fully saturated rings. The van der Waals surface area contributed by atoms with Gasteiger partial charge in [0.15, 0.2) is 0 Å². The summed E-state index contributed by atoms with van der Waals surface area (Å²) in [6, 6.07) is 7.81. The van der Waals surface area contributed by atoms with Gasteiger partial charge in [-0.3, -0.25) is 4.79 Å². The molecule has 25 heavy (non-hydrogen) atoms. The average Bonchev–Trinajstić information content (AvgIpc) is 3.08. The number of allylic oxidation sites excluding steroid dienone is 1. The van der Waals surface area contributed by atoms with E-state index in [-0.39, 0.29) is 5.56 Å². The van der Waals surface area contributed by atoms with Crippen molar-refractivity contribution in [3.8, 4) is 11.8 Å². The minimum absolute atomic E-state index is 0.0459. The number of rotatable bonds is 3. The lowest BCUT2D eigenvalue weighted by molar-refractivity contribution is 0.871. The summed E-state index contributed by atoms with van der Waals surface area (Å²) in [5, 5.41) is 13.1. The Morgan fingerprint density at radius 2 is 2.16 bits per heavy atom. The molecule has 1 N–H and O–H groups in total. The van der Waals surface area contributed by atoms with Crippen molar-refractivity contribution >= 4 is 11.6 Å². The minimum atomic E-state index is -0.421. The standard InChI is InChI=1S/C18H16N6O/c1-11-6-14(4-5-16(11)24-10-20-9-21-24)7-12(2)17-22-13(3)15(8-19)18(25)23-17/h4-7,9-10H,1-3H3,(H,22,23,25). The molecule has 1 aromatic carbocycles. The molecular formula is C18H16N6O. The second-order valence-corrected chi connectivity index (χ2v) is 5.70. The molecule has 0 atom stereocenters. The Hall–Kier alpha value is -3.53. The maximum absolute atomic E-state index is 11.9. The summed E-state index contributed by atoms with van der Waals surface area (Å²) in [6.07, 6.45) is 5.08. The number of aromatic nitrogens is 5. The van der Waals surface area contributed by atoms with Gasteiger partial charge in [-0.15, -0.1) is 0 Å². The molecule has 3 rings (SSSR count). The van der Waals surface area contributed by atoms with Crippen molar-refractivity contribution < 1.29 is 0 Å². The highest BCUT2D eigenvalue weighted by Gasteiger charge is 2.09. The van der Waals surface area contributed by atoms with Gasteiger partial charge < -0.3 is 4.98 Å². The molecule has 0 saturated carbocycles. The molecule has 0 aliphatic rings. The van der Waals surface area contributed by atoms with E-state index in [0.717, 1.165) is 22.4 Å². The Balaban J connectivity index is 1.97. The smallest absolute Gasteiger partial charge is 0.269 e. The third-order valence-electron chi connectivity index (χ3n) is 3.86. The van der Waals surface area contributed by atoms with E-state index in [0.29, 0.717) is 11.5 Å². The number of benzene rings is 1. The monoisotopic (exact) mass is 332 g/mol. The Bertz CT molecular complexity index is 1050. The summed E-state index contributed by atoms with van der Waals surface area (Å²) in [5.41, 5.74) is 3.82. The van der Waals surface area contributed by atoms with Crippen LogP contribution in [0.1, 0.15) is 35.1 Å². The van der Waals surface area contributed by atoms with Crippen LogP contribution in [-0.2, 0) is 0 Å². The largest absolute Gasteiger partial charge is 0.306 e. The van der Waals surface area contributed by atoms with Gasteiger partial charge in [-0.2, -0.15) is 10.4 Å². The first-order chi connectivity index (χ1) is 12.0. The van der Waals surface area contributed by atoms with E-state index in [4.69, 9.17) is 5.26 Å². The maximum Gasteiger partial charge on any atom is 0.269 e. The van der Waals surface area contributed by atoms with Crippen molar-refractivity contribution in [1.82, 2.24) is 24.7 Å². The van der Waals surface area contributed by atoms with E-state index in [2.05, 4.69) is 20.1 Å². The van der Waals surface area contributed by atoms with Crippen LogP contribution in [0.2, 0.25) is 0 Å². The molecule has 0 unspecified atom stereocenters. The molecule has 0 aliphatic carbocycles. The summed E-state index contributed by atoms with van der Waals surface area (Å²) >= 11 is 0. The number of aryl methyl sites for hydroxylation is 2. The third kappa shape index (κ3) is 3.23. The Kier molecular flexibility index (Phi) is 4.27. The van der Waals surface area contributed by atoms with E-state index in [1.54, 1.807) is 17.9 Å². The fourth-order valence-electron chi connectivity index (χ4n) is 2.58. The first kappa shape index (κ1) is 16.3. The van der Waals surface area contributed by atoms with Crippen LogP contribution >= 0.6 is 0 Å². The number of hydrogen-bond donors (Lipinski definition) is 1. The van der Waals surface area contributed by atoms with Gasteiger partial charge in [0.05, 0.1) is 11.4 Å². The molecule has 0 bridgehead atoms. The van der Waals surface area contributed by atoms with Gasteiger partial charge >= 0.3 is 0 Å². The lowest BCUT2D eigenvalue weighted by Gasteiger charge is -2.07.